The van der Waals surface area contributed by atoms with Crippen LogP contribution >= 0.6 is 9.24 Å². The molecule has 21 heavy (non-hydrogen) atoms. The fourth-order valence-corrected chi connectivity index (χ4v) is 2.81. The fourth-order valence-electron chi connectivity index (χ4n) is 2.67. The standard InChI is InChI=1S/C19H38NP/c1-14(2)18(6)15(3)9-11-19(7,8)13-16(4)20-12-10-17(5)21/h14-15,18,20H,4-5,9-13,21H2,1-3,6-8H3. The summed E-state index contributed by atoms with van der Waals surface area (Å²) in [6.45, 7) is 23.2. The molecule has 0 spiro atoms. The molecular formula is C19H38NP. The lowest BCUT2D eigenvalue weighted by atomic mass is 9.77. The van der Waals surface area contributed by atoms with Gasteiger partial charge in [-0.3, -0.25) is 0 Å². The molecule has 2 heteroatoms. The van der Waals surface area contributed by atoms with E-state index >= 15 is 0 Å². The predicted octanol–water partition coefficient (Wildman–Crippen LogP) is 5.99. The predicted molar refractivity (Wildman–Crippen MR) is 101 cm³/mol. The summed E-state index contributed by atoms with van der Waals surface area (Å²) in [5.41, 5.74) is 1.49. The van der Waals surface area contributed by atoms with Crippen molar-refractivity contribution in [2.75, 3.05) is 6.54 Å². The first-order valence-corrected chi connectivity index (χ1v) is 8.98. The van der Waals surface area contributed by atoms with Crippen molar-refractivity contribution in [1.29, 1.82) is 0 Å². The average molecular weight is 311 g/mol. The topological polar surface area (TPSA) is 12.0 Å². The van der Waals surface area contributed by atoms with Crippen molar-refractivity contribution in [2.45, 2.75) is 67.2 Å². The Morgan fingerprint density at radius 2 is 1.71 bits per heavy atom. The summed E-state index contributed by atoms with van der Waals surface area (Å²) in [7, 11) is 2.66. The maximum Gasteiger partial charge on any atom is 0.0184 e. The van der Waals surface area contributed by atoms with Crippen LogP contribution in [-0.2, 0) is 0 Å². The average Bonchev–Trinajstić information content (AvgIpc) is 2.33. The van der Waals surface area contributed by atoms with Crippen LogP contribution in [0.3, 0.4) is 0 Å². The second-order valence-corrected chi connectivity index (χ2v) is 8.72. The van der Waals surface area contributed by atoms with Crippen LogP contribution in [0.1, 0.15) is 67.2 Å². The molecule has 0 rings (SSSR count). The summed E-state index contributed by atoms with van der Waals surface area (Å²) < 4.78 is 0. The Kier molecular flexibility index (Phi) is 9.54. The van der Waals surface area contributed by atoms with E-state index < -0.39 is 0 Å². The Hall–Kier alpha value is -0.290. The first kappa shape index (κ1) is 20.7. The summed E-state index contributed by atoms with van der Waals surface area (Å²) in [4.78, 5) is 0. The van der Waals surface area contributed by atoms with Gasteiger partial charge in [-0.05, 0) is 48.9 Å². The minimum absolute atomic E-state index is 0.326. The molecule has 0 radical (unpaired) electrons. The smallest absolute Gasteiger partial charge is 0.0184 e. The van der Waals surface area contributed by atoms with Gasteiger partial charge in [-0.2, -0.15) is 0 Å². The highest BCUT2D eigenvalue weighted by atomic mass is 31.0. The minimum atomic E-state index is 0.326. The minimum Gasteiger partial charge on any atom is -0.388 e. The third-order valence-electron chi connectivity index (χ3n) is 4.74. The molecule has 0 aromatic heterocycles. The Balaban J connectivity index is 4.12. The number of hydrogen-bond donors (Lipinski definition) is 1. The molecule has 0 heterocycles. The molecule has 1 nitrogen and oxygen atoms in total. The van der Waals surface area contributed by atoms with Crippen molar-refractivity contribution in [3.05, 3.63) is 24.2 Å². The highest BCUT2D eigenvalue weighted by molar-refractivity contribution is 7.22. The molecule has 0 aromatic rings. The second-order valence-electron chi connectivity index (χ2n) is 7.90. The third-order valence-corrected chi connectivity index (χ3v) is 5.03. The van der Waals surface area contributed by atoms with Crippen molar-refractivity contribution < 1.29 is 0 Å². The van der Waals surface area contributed by atoms with E-state index in [4.69, 9.17) is 0 Å². The van der Waals surface area contributed by atoms with Crippen molar-refractivity contribution >= 4 is 9.24 Å². The van der Waals surface area contributed by atoms with Crippen molar-refractivity contribution in [1.82, 2.24) is 5.32 Å². The molecule has 0 aliphatic carbocycles. The van der Waals surface area contributed by atoms with Crippen LogP contribution in [0.25, 0.3) is 0 Å². The van der Waals surface area contributed by atoms with Crippen LogP contribution in [0.2, 0.25) is 0 Å². The summed E-state index contributed by atoms with van der Waals surface area (Å²) in [5, 5.41) is 4.57. The summed E-state index contributed by atoms with van der Waals surface area (Å²) in [6, 6.07) is 0. The lowest BCUT2D eigenvalue weighted by Gasteiger charge is -2.30. The molecule has 0 bridgehead atoms. The van der Waals surface area contributed by atoms with Crippen molar-refractivity contribution in [2.24, 2.45) is 23.2 Å². The number of hydrogen-bond acceptors (Lipinski definition) is 1. The van der Waals surface area contributed by atoms with E-state index in [0.29, 0.717) is 5.41 Å². The zero-order valence-corrected chi connectivity index (χ0v) is 16.4. The Morgan fingerprint density at radius 1 is 1.14 bits per heavy atom. The normalized spacial score (nSPS) is 14.9. The molecule has 124 valence electrons. The van der Waals surface area contributed by atoms with Crippen LogP contribution in [0, 0.1) is 23.2 Å². The van der Waals surface area contributed by atoms with Gasteiger partial charge in [0.05, 0.1) is 0 Å². The molecule has 0 amide bonds. The summed E-state index contributed by atoms with van der Waals surface area (Å²) in [6.07, 6.45) is 4.62. The quantitative estimate of drug-likeness (QED) is 0.462. The zero-order chi connectivity index (χ0) is 16.6. The number of nitrogens with one attached hydrogen (secondary N) is 1. The van der Waals surface area contributed by atoms with Gasteiger partial charge in [0.2, 0.25) is 0 Å². The van der Waals surface area contributed by atoms with E-state index in [1.165, 1.54) is 12.8 Å². The number of allylic oxidation sites excluding steroid dienone is 1. The summed E-state index contributed by atoms with van der Waals surface area (Å²) >= 11 is 0. The van der Waals surface area contributed by atoms with Gasteiger partial charge in [-0.1, -0.05) is 60.0 Å². The van der Waals surface area contributed by atoms with Gasteiger partial charge in [0.1, 0.15) is 0 Å². The fraction of sp³-hybridized carbons (Fsp3) is 0.789. The largest absolute Gasteiger partial charge is 0.388 e. The van der Waals surface area contributed by atoms with Crippen LogP contribution in [0.5, 0.6) is 0 Å². The molecule has 0 saturated heterocycles. The molecule has 1 N–H and O–H groups in total. The molecular weight excluding hydrogens is 273 g/mol. The molecule has 0 aliphatic rings. The maximum atomic E-state index is 4.18. The van der Waals surface area contributed by atoms with E-state index in [9.17, 15) is 0 Å². The van der Waals surface area contributed by atoms with Gasteiger partial charge in [-0.25, -0.2) is 0 Å². The molecule has 0 fully saturated rings. The van der Waals surface area contributed by atoms with Crippen LogP contribution < -0.4 is 5.32 Å². The second kappa shape index (κ2) is 9.67. The van der Waals surface area contributed by atoms with Gasteiger partial charge in [0.25, 0.3) is 0 Å². The van der Waals surface area contributed by atoms with Crippen LogP contribution in [-0.4, -0.2) is 6.54 Å². The number of rotatable bonds is 11. The molecule has 3 atom stereocenters. The summed E-state index contributed by atoms with van der Waals surface area (Å²) in [5.74, 6) is 2.38. The zero-order valence-electron chi connectivity index (χ0n) is 15.3. The lowest BCUT2D eigenvalue weighted by Crippen LogP contribution is -2.22. The van der Waals surface area contributed by atoms with E-state index in [0.717, 1.165) is 48.2 Å². The molecule has 0 aromatic carbocycles. The van der Waals surface area contributed by atoms with Crippen molar-refractivity contribution in [3.63, 3.8) is 0 Å². The lowest BCUT2D eigenvalue weighted by molar-refractivity contribution is 0.229. The Morgan fingerprint density at radius 3 is 2.19 bits per heavy atom. The van der Waals surface area contributed by atoms with Gasteiger partial charge in [0, 0.05) is 12.2 Å². The Bertz CT molecular complexity index is 330. The van der Waals surface area contributed by atoms with E-state index in [1.54, 1.807) is 0 Å². The van der Waals surface area contributed by atoms with E-state index in [-0.39, 0.29) is 0 Å². The van der Waals surface area contributed by atoms with Gasteiger partial charge < -0.3 is 5.32 Å². The third kappa shape index (κ3) is 10.1. The van der Waals surface area contributed by atoms with Crippen LogP contribution in [0.4, 0.5) is 0 Å². The van der Waals surface area contributed by atoms with Gasteiger partial charge >= 0.3 is 0 Å². The van der Waals surface area contributed by atoms with Crippen LogP contribution in [0.15, 0.2) is 24.2 Å². The molecule has 0 aliphatic heterocycles. The maximum absolute atomic E-state index is 4.18. The SMILES string of the molecule is C=C(P)CCNC(=C)CC(C)(C)CCC(C)C(C)C(C)C. The van der Waals surface area contributed by atoms with Gasteiger partial charge in [0.15, 0.2) is 0 Å². The van der Waals surface area contributed by atoms with Gasteiger partial charge in [-0.15, -0.1) is 9.24 Å². The highest BCUT2D eigenvalue weighted by Crippen LogP contribution is 2.33. The van der Waals surface area contributed by atoms with E-state index in [1.807, 2.05) is 0 Å². The monoisotopic (exact) mass is 311 g/mol. The first-order chi connectivity index (χ1) is 9.55. The highest BCUT2D eigenvalue weighted by Gasteiger charge is 2.22. The molecule has 0 saturated carbocycles. The first-order valence-electron chi connectivity index (χ1n) is 8.40. The molecule has 3 unspecified atom stereocenters. The Labute approximate surface area is 136 Å². The van der Waals surface area contributed by atoms with Crippen molar-refractivity contribution in [3.8, 4) is 0 Å². The van der Waals surface area contributed by atoms with E-state index in [2.05, 4.69) is 69.3 Å².